The Morgan fingerprint density at radius 1 is 1.10 bits per heavy atom. The average Bonchev–Trinajstić information content (AvgIpc) is 2.46. The first-order valence-corrected chi connectivity index (χ1v) is 6.68. The van der Waals surface area contributed by atoms with Crippen LogP contribution in [0.5, 0.6) is 5.75 Å². The van der Waals surface area contributed by atoms with Crippen LogP contribution >= 0.6 is 0 Å². The fraction of sp³-hybridized carbons (Fsp3) is 0.294. The number of rotatable bonds is 5. The van der Waals surface area contributed by atoms with Gasteiger partial charge in [0, 0.05) is 0 Å². The number of hydrogen-bond donors (Lipinski definition) is 2. The highest BCUT2D eigenvalue weighted by atomic mass is 16.5. The Hall–Kier alpha value is -1.84. The quantitative estimate of drug-likeness (QED) is 0.879. The molecule has 0 saturated carbocycles. The van der Waals surface area contributed by atoms with Gasteiger partial charge in [0.15, 0.2) is 0 Å². The number of aliphatic hydroxyl groups excluding tert-OH is 1. The van der Waals surface area contributed by atoms with E-state index in [1.807, 2.05) is 48.5 Å². The van der Waals surface area contributed by atoms with E-state index in [9.17, 15) is 10.2 Å². The number of aliphatic hydroxyl groups is 2. The second-order valence-electron chi connectivity index (χ2n) is 5.18. The molecule has 0 aliphatic rings. The van der Waals surface area contributed by atoms with Crippen molar-refractivity contribution in [1.82, 2.24) is 0 Å². The first-order valence-electron chi connectivity index (χ1n) is 6.68. The highest BCUT2D eigenvalue weighted by Crippen LogP contribution is 2.24. The largest absolute Gasteiger partial charge is 0.490 e. The predicted molar refractivity (Wildman–Crippen MR) is 78.6 cm³/mol. The van der Waals surface area contributed by atoms with Crippen LogP contribution in [0.1, 0.15) is 31.1 Å². The Morgan fingerprint density at radius 2 is 1.80 bits per heavy atom. The maximum atomic E-state index is 10.5. The Bertz CT molecular complexity index is 547. The zero-order valence-electron chi connectivity index (χ0n) is 11.8. The molecule has 2 rings (SSSR count). The standard InChI is InChI=1S/C17H20O3/c1-13(18)14-7-6-10-16(11-14)20-12-17(2,19)15-8-4-3-5-9-15/h3-11,13,18-19H,12H2,1-2H3/t13-,17?/m1/s1. The molecule has 0 aromatic heterocycles. The van der Waals surface area contributed by atoms with Crippen LogP contribution in [0.4, 0.5) is 0 Å². The van der Waals surface area contributed by atoms with Crippen molar-refractivity contribution < 1.29 is 14.9 Å². The van der Waals surface area contributed by atoms with Crippen molar-refractivity contribution in [3.05, 3.63) is 65.7 Å². The van der Waals surface area contributed by atoms with Gasteiger partial charge in [-0.05, 0) is 37.1 Å². The molecule has 0 amide bonds. The summed E-state index contributed by atoms with van der Waals surface area (Å²) < 4.78 is 5.65. The van der Waals surface area contributed by atoms with E-state index >= 15 is 0 Å². The normalized spacial score (nSPS) is 15.4. The van der Waals surface area contributed by atoms with Crippen LogP contribution in [0.3, 0.4) is 0 Å². The van der Waals surface area contributed by atoms with Crippen molar-refractivity contribution in [1.29, 1.82) is 0 Å². The van der Waals surface area contributed by atoms with E-state index in [0.29, 0.717) is 5.75 Å². The lowest BCUT2D eigenvalue weighted by atomic mass is 9.97. The van der Waals surface area contributed by atoms with Gasteiger partial charge in [-0.1, -0.05) is 42.5 Å². The molecule has 0 heterocycles. The first-order chi connectivity index (χ1) is 9.49. The van der Waals surface area contributed by atoms with Crippen molar-refractivity contribution >= 4 is 0 Å². The van der Waals surface area contributed by atoms with E-state index in [4.69, 9.17) is 4.74 Å². The van der Waals surface area contributed by atoms with Gasteiger partial charge >= 0.3 is 0 Å². The molecule has 0 saturated heterocycles. The summed E-state index contributed by atoms with van der Waals surface area (Å²) in [5.74, 6) is 0.639. The molecule has 106 valence electrons. The van der Waals surface area contributed by atoms with Crippen LogP contribution in [0, 0.1) is 0 Å². The minimum Gasteiger partial charge on any atom is -0.490 e. The zero-order chi connectivity index (χ0) is 14.6. The summed E-state index contributed by atoms with van der Waals surface area (Å²) >= 11 is 0. The molecule has 3 heteroatoms. The van der Waals surface area contributed by atoms with Crippen LogP contribution in [0.25, 0.3) is 0 Å². The molecule has 2 aromatic carbocycles. The maximum Gasteiger partial charge on any atom is 0.121 e. The summed E-state index contributed by atoms with van der Waals surface area (Å²) in [5, 5.41) is 20.0. The first kappa shape index (κ1) is 14.6. The summed E-state index contributed by atoms with van der Waals surface area (Å²) in [7, 11) is 0. The van der Waals surface area contributed by atoms with Crippen molar-refractivity contribution in [2.45, 2.75) is 25.6 Å². The van der Waals surface area contributed by atoms with Gasteiger partial charge in [-0.3, -0.25) is 0 Å². The van der Waals surface area contributed by atoms with Gasteiger partial charge in [-0.25, -0.2) is 0 Å². The molecule has 0 bridgehead atoms. The van der Waals surface area contributed by atoms with Crippen LogP contribution in [0.2, 0.25) is 0 Å². The molecule has 2 atom stereocenters. The fourth-order valence-electron chi connectivity index (χ4n) is 1.97. The van der Waals surface area contributed by atoms with Crippen molar-refractivity contribution in [2.75, 3.05) is 6.61 Å². The van der Waals surface area contributed by atoms with E-state index in [1.165, 1.54) is 0 Å². The van der Waals surface area contributed by atoms with Gasteiger partial charge in [0.1, 0.15) is 18.0 Å². The van der Waals surface area contributed by atoms with Gasteiger partial charge in [0.05, 0.1) is 6.10 Å². The van der Waals surface area contributed by atoms with Gasteiger partial charge in [-0.2, -0.15) is 0 Å². The lowest BCUT2D eigenvalue weighted by molar-refractivity contribution is 0.00753. The number of hydrogen-bond acceptors (Lipinski definition) is 3. The van der Waals surface area contributed by atoms with E-state index in [0.717, 1.165) is 11.1 Å². The minimum absolute atomic E-state index is 0.153. The summed E-state index contributed by atoms with van der Waals surface area (Å²) in [6, 6.07) is 16.7. The Morgan fingerprint density at radius 3 is 2.45 bits per heavy atom. The highest BCUT2D eigenvalue weighted by molar-refractivity contribution is 5.30. The van der Waals surface area contributed by atoms with E-state index in [-0.39, 0.29) is 6.61 Å². The highest BCUT2D eigenvalue weighted by Gasteiger charge is 2.23. The topological polar surface area (TPSA) is 49.7 Å². The smallest absolute Gasteiger partial charge is 0.121 e. The van der Waals surface area contributed by atoms with Crippen molar-refractivity contribution in [3.8, 4) is 5.75 Å². The SMILES string of the molecule is C[C@@H](O)c1cccc(OCC(C)(O)c2ccccc2)c1. The molecular formula is C17H20O3. The molecule has 0 aliphatic heterocycles. The summed E-state index contributed by atoms with van der Waals surface area (Å²) in [5.41, 5.74) is 0.552. The van der Waals surface area contributed by atoms with Crippen LogP contribution in [-0.4, -0.2) is 16.8 Å². The third kappa shape index (κ3) is 3.59. The van der Waals surface area contributed by atoms with Gasteiger partial charge in [-0.15, -0.1) is 0 Å². The van der Waals surface area contributed by atoms with Crippen molar-refractivity contribution in [2.24, 2.45) is 0 Å². The van der Waals surface area contributed by atoms with Gasteiger partial charge in [0.25, 0.3) is 0 Å². The molecule has 0 spiro atoms. The summed E-state index contributed by atoms with van der Waals surface area (Å²) in [4.78, 5) is 0. The Kier molecular flexibility index (Phi) is 4.42. The Labute approximate surface area is 119 Å². The van der Waals surface area contributed by atoms with Gasteiger partial charge < -0.3 is 14.9 Å². The third-order valence-electron chi connectivity index (χ3n) is 3.26. The predicted octanol–water partition coefficient (Wildman–Crippen LogP) is 3.03. The molecule has 0 aliphatic carbocycles. The second-order valence-corrected chi connectivity index (χ2v) is 5.18. The molecule has 2 N–H and O–H groups in total. The maximum absolute atomic E-state index is 10.5. The molecule has 0 radical (unpaired) electrons. The molecule has 1 unspecified atom stereocenters. The van der Waals surface area contributed by atoms with Crippen LogP contribution in [0.15, 0.2) is 54.6 Å². The van der Waals surface area contributed by atoms with Crippen molar-refractivity contribution in [3.63, 3.8) is 0 Å². The number of ether oxygens (including phenoxy) is 1. The monoisotopic (exact) mass is 272 g/mol. The summed E-state index contributed by atoms with van der Waals surface area (Å²) in [6.45, 7) is 3.58. The average molecular weight is 272 g/mol. The second kappa shape index (κ2) is 6.07. The van der Waals surface area contributed by atoms with Gasteiger partial charge in [0.2, 0.25) is 0 Å². The fourth-order valence-corrected chi connectivity index (χ4v) is 1.97. The zero-order valence-corrected chi connectivity index (χ0v) is 11.8. The lowest BCUT2D eigenvalue weighted by Gasteiger charge is -2.24. The van der Waals surface area contributed by atoms with E-state index in [2.05, 4.69) is 0 Å². The minimum atomic E-state index is -1.05. The van der Waals surface area contributed by atoms with Crippen LogP contribution in [-0.2, 0) is 5.60 Å². The molecule has 20 heavy (non-hydrogen) atoms. The Balaban J connectivity index is 2.06. The molecule has 2 aromatic rings. The van der Waals surface area contributed by atoms with E-state index < -0.39 is 11.7 Å². The van der Waals surface area contributed by atoms with E-state index in [1.54, 1.807) is 19.9 Å². The molecule has 3 nitrogen and oxygen atoms in total. The lowest BCUT2D eigenvalue weighted by Crippen LogP contribution is -2.29. The molecule has 0 fully saturated rings. The molecular weight excluding hydrogens is 252 g/mol. The third-order valence-corrected chi connectivity index (χ3v) is 3.26. The summed E-state index contributed by atoms with van der Waals surface area (Å²) in [6.07, 6.45) is -0.534. The van der Waals surface area contributed by atoms with Crippen LogP contribution < -0.4 is 4.74 Å². The number of benzene rings is 2.